The van der Waals surface area contributed by atoms with Crippen molar-refractivity contribution >= 4 is 27.4 Å². The molecule has 1 aromatic heterocycles. The van der Waals surface area contributed by atoms with Gasteiger partial charge in [0.25, 0.3) is 0 Å². The minimum absolute atomic E-state index is 0.0811. The van der Waals surface area contributed by atoms with E-state index < -0.39 is 21.8 Å². The minimum atomic E-state index is -4.44. The van der Waals surface area contributed by atoms with Crippen LogP contribution in [0.1, 0.15) is 37.7 Å². The number of alkyl halides is 3. The lowest BCUT2D eigenvalue weighted by Crippen LogP contribution is -2.44. The van der Waals surface area contributed by atoms with Gasteiger partial charge in [0, 0.05) is 50.6 Å². The third-order valence-electron chi connectivity index (χ3n) is 7.83. The Morgan fingerprint density at radius 2 is 1.65 bits per heavy atom. The summed E-state index contributed by atoms with van der Waals surface area (Å²) in [6.07, 6.45) is -0.142. The third-order valence-corrected chi connectivity index (χ3v) is 9.74. The molecule has 0 saturated carbocycles. The fourth-order valence-corrected chi connectivity index (χ4v) is 6.93. The van der Waals surface area contributed by atoms with Crippen molar-refractivity contribution in [1.29, 1.82) is 0 Å². The number of nitrogens with zero attached hydrogens (tertiary/aromatic N) is 3. The molecule has 3 aliphatic rings. The zero-order valence-corrected chi connectivity index (χ0v) is 21.1. The van der Waals surface area contributed by atoms with Gasteiger partial charge in [-0.3, -0.25) is 4.79 Å². The normalized spacial score (nSPS) is 21.3. The summed E-state index contributed by atoms with van der Waals surface area (Å²) in [5.41, 5.74) is -0.113. The van der Waals surface area contributed by atoms with Gasteiger partial charge in [-0.05, 0) is 68.5 Å². The molecule has 3 aliphatic heterocycles. The lowest BCUT2D eigenvalue weighted by molar-refractivity contribution is -0.137. The molecule has 2 aromatic rings. The second-order valence-corrected chi connectivity index (χ2v) is 12.0. The molecule has 1 spiro atoms. The van der Waals surface area contributed by atoms with Crippen LogP contribution >= 0.6 is 0 Å². The Hall–Kier alpha value is -2.86. The molecule has 12 heteroatoms. The number of nitrogens with one attached hydrogen (secondary N) is 2. The second kappa shape index (κ2) is 9.79. The summed E-state index contributed by atoms with van der Waals surface area (Å²) in [7, 11) is -3.66. The molecule has 3 saturated heterocycles. The molecule has 200 valence electrons. The number of aromatic nitrogens is 1. The largest absolute Gasteiger partial charge is 0.417 e. The van der Waals surface area contributed by atoms with Crippen LogP contribution in [0.3, 0.4) is 0 Å². The molecule has 2 N–H and O–H groups in total. The number of benzene rings is 1. The third kappa shape index (κ3) is 5.26. The average Bonchev–Trinajstić information content (AvgIpc) is 3.24. The Morgan fingerprint density at radius 1 is 0.973 bits per heavy atom. The van der Waals surface area contributed by atoms with E-state index in [4.69, 9.17) is 0 Å². The van der Waals surface area contributed by atoms with Gasteiger partial charge in [-0.25, -0.2) is 13.4 Å². The number of anilines is 2. The quantitative estimate of drug-likeness (QED) is 0.607. The Labute approximate surface area is 214 Å². The van der Waals surface area contributed by atoms with Crippen LogP contribution in [0.25, 0.3) is 0 Å². The maximum atomic E-state index is 13.2. The van der Waals surface area contributed by atoms with Crippen LogP contribution in [0.2, 0.25) is 0 Å². The highest BCUT2D eigenvalue weighted by Crippen LogP contribution is 2.39. The Kier molecular flexibility index (Phi) is 6.82. The number of hydrogen-bond donors (Lipinski definition) is 2. The summed E-state index contributed by atoms with van der Waals surface area (Å²) < 4.78 is 66.0. The highest BCUT2D eigenvalue weighted by molar-refractivity contribution is 7.89. The lowest BCUT2D eigenvalue weighted by atomic mass is 9.77. The molecule has 0 atom stereocenters. The van der Waals surface area contributed by atoms with Crippen molar-refractivity contribution in [3.8, 4) is 0 Å². The molecular formula is C25H30F3N5O3S. The molecule has 1 amide bonds. The van der Waals surface area contributed by atoms with Crippen molar-refractivity contribution in [2.24, 2.45) is 5.41 Å². The first-order valence-electron chi connectivity index (χ1n) is 12.5. The van der Waals surface area contributed by atoms with Crippen LogP contribution in [-0.4, -0.2) is 62.4 Å². The van der Waals surface area contributed by atoms with Crippen molar-refractivity contribution in [3.63, 3.8) is 0 Å². The number of amides is 1. The number of halogens is 3. The summed E-state index contributed by atoms with van der Waals surface area (Å²) in [6.45, 7) is 2.86. The van der Waals surface area contributed by atoms with Crippen LogP contribution < -0.4 is 15.5 Å². The van der Waals surface area contributed by atoms with Crippen molar-refractivity contribution in [2.45, 2.75) is 49.2 Å². The predicted molar refractivity (Wildman–Crippen MR) is 133 cm³/mol. The molecule has 0 radical (unpaired) electrons. The first-order valence-corrected chi connectivity index (χ1v) is 13.9. The van der Waals surface area contributed by atoms with Gasteiger partial charge in [0.05, 0.1) is 15.9 Å². The number of carbonyl (C=O) groups is 1. The second-order valence-electron chi connectivity index (χ2n) is 10.0. The Bertz CT molecular complexity index is 1220. The standard InChI is InChI=1S/C25H30F3N5O3S/c26-25(27,28)18-1-6-22(30-17-18)31-19-7-13-33(14-8-19)37(35,36)21-4-2-20(3-5-21)32-15-10-24(11-16-32)9-12-29-23(24)34/h1-6,17,19H,7-16H2,(H,29,34)(H,30,31). The molecule has 3 fully saturated rings. The first kappa shape index (κ1) is 25.8. The smallest absolute Gasteiger partial charge is 0.371 e. The van der Waals surface area contributed by atoms with Crippen LogP contribution in [0.5, 0.6) is 0 Å². The first-order chi connectivity index (χ1) is 17.6. The van der Waals surface area contributed by atoms with Crippen molar-refractivity contribution in [3.05, 3.63) is 48.2 Å². The molecule has 0 aliphatic carbocycles. The van der Waals surface area contributed by atoms with E-state index in [9.17, 15) is 26.4 Å². The van der Waals surface area contributed by atoms with E-state index in [-0.39, 0.29) is 22.3 Å². The topological polar surface area (TPSA) is 94.6 Å². The number of hydrogen-bond acceptors (Lipinski definition) is 6. The summed E-state index contributed by atoms with van der Waals surface area (Å²) in [5.74, 6) is 0.491. The molecule has 8 nitrogen and oxygen atoms in total. The van der Waals surface area contributed by atoms with Gasteiger partial charge >= 0.3 is 6.18 Å². The van der Waals surface area contributed by atoms with E-state index in [0.29, 0.717) is 31.7 Å². The van der Waals surface area contributed by atoms with Gasteiger partial charge in [-0.15, -0.1) is 0 Å². The van der Waals surface area contributed by atoms with Crippen molar-refractivity contribution in [1.82, 2.24) is 14.6 Å². The van der Waals surface area contributed by atoms with Gasteiger partial charge in [-0.1, -0.05) is 0 Å². The summed E-state index contributed by atoms with van der Waals surface area (Å²) in [5, 5.41) is 6.04. The number of carbonyl (C=O) groups excluding carboxylic acids is 1. The molecule has 4 heterocycles. The van der Waals surface area contributed by atoms with Gasteiger partial charge in [0.1, 0.15) is 5.82 Å². The minimum Gasteiger partial charge on any atom is -0.371 e. The highest BCUT2D eigenvalue weighted by Gasteiger charge is 2.44. The van der Waals surface area contributed by atoms with Crippen LogP contribution in [-0.2, 0) is 21.0 Å². The molecule has 5 rings (SSSR count). The molecule has 0 bridgehead atoms. The monoisotopic (exact) mass is 537 g/mol. The Morgan fingerprint density at radius 3 is 2.19 bits per heavy atom. The van der Waals surface area contributed by atoms with Crippen molar-refractivity contribution < 1.29 is 26.4 Å². The summed E-state index contributed by atoms with van der Waals surface area (Å²) >= 11 is 0. The van der Waals surface area contributed by atoms with Gasteiger partial charge in [0.2, 0.25) is 15.9 Å². The maximum Gasteiger partial charge on any atom is 0.417 e. The van der Waals surface area contributed by atoms with Crippen molar-refractivity contribution in [2.75, 3.05) is 42.9 Å². The number of pyridine rings is 1. The number of piperidine rings is 2. The fourth-order valence-electron chi connectivity index (χ4n) is 5.46. The highest BCUT2D eigenvalue weighted by atomic mass is 32.2. The van der Waals surface area contributed by atoms with Gasteiger partial charge in [-0.2, -0.15) is 17.5 Å². The zero-order chi connectivity index (χ0) is 26.3. The van der Waals surface area contributed by atoms with E-state index in [1.165, 1.54) is 10.4 Å². The van der Waals surface area contributed by atoms with E-state index in [1.54, 1.807) is 12.1 Å². The maximum absolute atomic E-state index is 13.2. The Balaban J connectivity index is 1.15. The van der Waals surface area contributed by atoms with Crippen LogP contribution in [0.4, 0.5) is 24.7 Å². The van der Waals surface area contributed by atoms with E-state index >= 15 is 0 Å². The lowest BCUT2D eigenvalue weighted by Gasteiger charge is -2.38. The van der Waals surface area contributed by atoms with Gasteiger partial charge < -0.3 is 15.5 Å². The zero-order valence-electron chi connectivity index (χ0n) is 20.3. The van der Waals surface area contributed by atoms with E-state index in [0.717, 1.165) is 56.8 Å². The van der Waals surface area contributed by atoms with Gasteiger partial charge in [0.15, 0.2) is 0 Å². The molecule has 37 heavy (non-hydrogen) atoms. The molecular weight excluding hydrogens is 507 g/mol. The predicted octanol–water partition coefficient (Wildman–Crippen LogP) is 3.47. The number of rotatable bonds is 5. The van der Waals surface area contributed by atoms with E-state index in [2.05, 4.69) is 20.5 Å². The average molecular weight is 538 g/mol. The van der Waals surface area contributed by atoms with Crippen LogP contribution in [0, 0.1) is 5.41 Å². The van der Waals surface area contributed by atoms with Crippen LogP contribution in [0.15, 0.2) is 47.5 Å². The summed E-state index contributed by atoms with van der Waals surface area (Å²) in [6, 6.07) is 9.10. The summed E-state index contributed by atoms with van der Waals surface area (Å²) in [4.78, 5) is 18.5. The SMILES string of the molecule is O=C1NCCC12CCN(c1ccc(S(=O)(=O)N3CCC(Nc4ccc(C(F)(F)F)cn4)CC3)cc1)CC2. The molecule has 0 unspecified atom stereocenters. The molecule has 1 aromatic carbocycles. The fraction of sp³-hybridized carbons (Fsp3) is 0.520. The van der Waals surface area contributed by atoms with E-state index in [1.807, 2.05) is 12.1 Å². The number of sulfonamides is 1.